The highest BCUT2D eigenvalue weighted by Gasteiger charge is 2.39. The van der Waals surface area contributed by atoms with Crippen molar-refractivity contribution in [2.45, 2.75) is 12.7 Å². The van der Waals surface area contributed by atoms with Crippen LogP contribution in [0.2, 0.25) is 5.02 Å². The van der Waals surface area contributed by atoms with Crippen LogP contribution in [0.4, 0.5) is 17.6 Å². The molecule has 0 saturated heterocycles. The Morgan fingerprint density at radius 1 is 1.25 bits per heavy atom. The maximum absolute atomic E-state index is 13.0. The fraction of sp³-hybridized carbons (Fsp3) is 0.154. The Balaban J connectivity index is 2.17. The van der Waals surface area contributed by atoms with Crippen molar-refractivity contribution in [3.8, 4) is 0 Å². The second-order valence-electron chi connectivity index (χ2n) is 4.15. The summed E-state index contributed by atoms with van der Waals surface area (Å²) in [7, 11) is 0. The van der Waals surface area contributed by atoms with E-state index in [0.29, 0.717) is 5.56 Å². The number of carbonyl (C=O) groups is 1. The van der Waals surface area contributed by atoms with E-state index in [1.165, 1.54) is 29.0 Å². The molecule has 2 nitrogen and oxygen atoms in total. The first-order valence-corrected chi connectivity index (χ1v) is 5.86. The average Bonchev–Trinajstić information content (AvgIpc) is 2.80. The number of carbonyl (C=O) groups excluding carboxylic acids is 1. The molecule has 2 aromatic rings. The van der Waals surface area contributed by atoms with E-state index in [2.05, 4.69) is 0 Å². The summed E-state index contributed by atoms with van der Waals surface area (Å²) in [4.78, 5) is 11.0. The summed E-state index contributed by atoms with van der Waals surface area (Å²) in [5.41, 5.74) is 0.170. The lowest BCUT2D eigenvalue weighted by atomic mass is 10.2. The van der Waals surface area contributed by atoms with Gasteiger partial charge in [-0.05, 0) is 23.8 Å². The van der Waals surface area contributed by atoms with E-state index in [0.717, 1.165) is 12.3 Å². The number of hydrogen-bond acceptors (Lipinski definition) is 1. The van der Waals surface area contributed by atoms with Gasteiger partial charge in [0.05, 0.1) is 5.02 Å². The summed E-state index contributed by atoms with van der Waals surface area (Å²) in [6, 6.07) is 5.10. The van der Waals surface area contributed by atoms with E-state index >= 15 is 0 Å². The van der Waals surface area contributed by atoms with Crippen LogP contribution in [0, 0.1) is 5.82 Å². The van der Waals surface area contributed by atoms with E-state index in [4.69, 9.17) is 11.6 Å². The number of aromatic nitrogens is 1. The highest BCUT2D eigenvalue weighted by Crippen LogP contribution is 2.22. The second-order valence-corrected chi connectivity index (χ2v) is 4.56. The molecule has 0 unspecified atom stereocenters. The summed E-state index contributed by atoms with van der Waals surface area (Å²) in [6.45, 7) is 0.186. The van der Waals surface area contributed by atoms with E-state index in [-0.39, 0.29) is 11.6 Å². The molecule has 0 bridgehead atoms. The average molecular weight is 306 g/mol. The minimum atomic E-state index is -4.90. The first kappa shape index (κ1) is 14.6. The van der Waals surface area contributed by atoms with Gasteiger partial charge in [-0.25, -0.2) is 4.39 Å². The minimum absolute atomic E-state index is 0.0683. The zero-order chi connectivity index (χ0) is 14.9. The van der Waals surface area contributed by atoms with Crippen molar-refractivity contribution in [2.75, 3.05) is 0 Å². The van der Waals surface area contributed by atoms with Crippen LogP contribution in [0.15, 0.2) is 36.7 Å². The third kappa shape index (κ3) is 3.19. The maximum Gasteiger partial charge on any atom is 0.454 e. The quantitative estimate of drug-likeness (QED) is 0.619. The summed E-state index contributed by atoms with van der Waals surface area (Å²) < 4.78 is 51.1. The predicted octanol–water partition coefficient (Wildman–Crippen LogP) is 4.07. The number of halogens is 5. The van der Waals surface area contributed by atoms with Gasteiger partial charge in [0, 0.05) is 24.5 Å². The van der Waals surface area contributed by atoms with E-state index in [1.807, 2.05) is 0 Å². The molecule has 2 rings (SSSR count). The largest absolute Gasteiger partial charge is 0.454 e. The van der Waals surface area contributed by atoms with E-state index < -0.39 is 23.3 Å². The molecule has 0 N–H and O–H groups in total. The molecule has 0 aliphatic heterocycles. The van der Waals surface area contributed by atoms with Gasteiger partial charge in [-0.2, -0.15) is 13.2 Å². The Bertz CT molecular complexity index is 648. The van der Waals surface area contributed by atoms with Gasteiger partial charge in [-0.15, -0.1) is 0 Å². The van der Waals surface area contributed by atoms with Crippen LogP contribution in [0.1, 0.15) is 15.9 Å². The number of Topliss-reactive ketones (excluding diaryl/α,β-unsaturated/α-hetero) is 1. The molecule has 0 atom stereocenters. The first-order valence-electron chi connectivity index (χ1n) is 5.48. The zero-order valence-corrected chi connectivity index (χ0v) is 10.7. The number of alkyl halides is 3. The summed E-state index contributed by atoms with van der Waals surface area (Å²) >= 11 is 5.61. The molecule has 1 aromatic heterocycles. The molecule has 0 amide bonds. The summed E-state index contributed by atoms with van der Waals surface area (Å²) in [5.74, 6) is -2.47. The Kier molecular flexibility index (Phi) is 3.85. The molecular weight excluding hydrogens is 298 g/mol. The van der Waals surface area contributed by atoms with Gasteiger partial charge < -0.3 is 4.57 Å². The van der Waals surface area contributed by atoms with Gasteiger partial charge in [0.2, 0.25) is 0 Å². The monoisotopic (exact) mass is 305 g/mol. The van der Waals surface area contributed by atoms with Crippen LogP contribution >= 0.6 is 11.6 Å². The standard InChI is InChI=1S/C13H8ClF4NO/c14-10-5-8(1-2-11(10)15)6-19-4-3-9(7-19)12(20)13(16,17)18/h1-5,7H,6H2. The van der Waals surface area contributed by atoms with Crippen LogP contribution < -0.4 is 0 Å². The van der Waals surface area contributed by atoms with Gasteiger partial charge in [0.25, 0.3) is 5.78 Å². The van der Waals surface area contributed by atoms with Crippen molar-refractivity contribution in [3.63, 3.8) is 0 Å². The van der Waals surface area contributed by atoms with Crippen molar-refractivity contribution in [1.29, 1.82) is 0 Å². The van der Waals surface area contributed by atoms with Crippen LogP contribution in [0.25, 0.3) is 0 Å². The summed E-state index contributed by atoms with van der Waals surface area (Å²) in [6.07, 6.45) is -2.46. The number of nitrogens with zero attached hydrogens (tertiary/aromatic N) is 1. The number of ketones is 1. The topological polar surface area (TPSA) is 22.0 Å². The molecular formula is C13H8ClF4NO. The maximum atomic E-state index is 13.0. The molecule has 20 heavy (non-hydrogen) atoms. The zero-order valence-electron chi connectivity index (χ0n) is 9.92. The van der Waals surface area contributed by atoms with Gasteiger partial charge >= 0.3 is 6.18 Å². The molecule has 0 spiro atoms. The SMILES string of the molecule is O=C(c1ccn(Cc2ccc(F)c(Cl)c2)c1)C(F)(F)F. The smallest absolute Gasteiger partial charge is 0.349 e. The predicted molar refractivity (Wildman–Crippen MR) is 65.3 cm³/mol. The molecule has 0 aliphatic rings. The Hall–Kier alpha value is -1.82. The van der Waals surface area contributed by atoms with Crippen molar-refractivity contribution >= 4 is 17.4 Å². The second kappa shape index (κ2) is 5.28. The Morgan fingerprint density at radius 2 is 1.95 bits per heavy atom. The third-order valence-electron chi connectivity index (χ3n) is 2.62. The van der Waals surface area contributed by atoms with Crippen LogP contribution in [-0.4, -0.2) is 16.5 Å². The van der Waals surface area contributed by atoms with Crippen molar-refractivity contribution < 1.29 is 22.4 Å². The van der Waals surface area contributed by atoms with E-state index in [9.17, 15) is 22.4 Å². The molecule has 1 heterocycles. The Morgan fingerprint density at radius 3 is 2.55 bits per heavy atom. The normalized spacial score (nSPS) is 11.7. The minimum Gasteiger partial charge on any atom is -0.349 e. The molecule has 1 aromatic carbocycles. The fourth-order valence-electron chi connectivity index (χ4n) is 1.69. The molecule has 0 fully saturated rings. The molecule has 7 heteroatoms. The van der Waals surface area contributed by atoms with Crippen LogP contribution in [-0.2, 0) is 6.54 Å². The fourth-order valence-corrected chi connectivity index (χ4v) is 1.89. The van der Waals surface area contributed by atoms with Gasteiger partial charge in [-0.1, -0.05) is 17.7 Å². The molecule has 106 valence electrons. The van der Waals surface area contributed by atoms with Gasteiger partial charge in [-0.3, -0.25) is 4.79 Å². The third-order valence-corrected chi connectivity index (χ3v) is 2.91. The van der Waals surface area contributed by atoms with Crippen LogP contribution in [0.3, 0.4) is 0 Å². The van der Waals surface area contributed by atoms with Crippen molar-refractivity contribution in [2.24, 2.45) is 0 Å². The van der Waals surface area contributed by atoms with Crippen molar-refractivity contribution in [3.05, 3.63) is 58.6 Å². The molecule has 0 radical (unpaired) electrons. The Labute approximate surface area is 116 Å². The van der Waals surface area contributed by atoms with E-state index in [1.54, 1.807) is 0 Å². The number of rotatable bonds is 3. The molecule has 0 aliphatic carbocycles. The first-order chi connectivity index (χ1) is 9.27. The lowest BCUT2D eigenvalue weighted by Crippen LogP contribution is -2.22. The van der Waals surface area contributed by atoms with Crippen LogP contribution in [0.5, 0.6) is 0 Å². The van der Waals surface area contributed by atoms with Gasteiger partial charge in [0.1, 0.15) is 5.82 Å². The number of benzene rings is 1. The highest BCUT2D eigenvalue weighted by atomic mass is 35.5. The van der Waals surface area contributed by atoms with Gasteiger partial charge in [0.15, 0.2) is 0 Å². The lowest BCUT2D eigenvalue weighted by Gasteiger charge is -2.05. The lowest BCUT2D eigenvalue weighted by molar-refractivity contribution is -0.0885. The number of hydrogen-bond donors (Lipinski definition) is 0. The summed E-state index contributed by atoms with van der Waals surface area (Å²) in [5, 5.41) is -0.0683. The highest BCUT2D eigenvalue weighted by molar-refractivity contribution is 6.30. The molecule has 0 saturated carbocycles. The van der Waals surface area contributed by atoms with Crippen molar-refractivity contribution in [1.82, 2.24) is 4.57 Å².